The van der Waals surface area contributed by atoms with Gasteiger partial charge in [-0.05, 0) is 38.4 Å². The predicted octanol–water partition coefficient (Wildman–Crippen LogP) is 2.44. The molecule has 0 aliphatic heterocycles. The third kappa shape index (κ3) is 4.38. The largest absolute Gasteiger partial charge is 0.371 e. The maximum atomic E-state index is 5.65. The molecule has 0 aliphatic rings. The molecule has 0 bridgehead atoms. The molecule has 4 heteroatoms. The number of imidazole rings is 1. The Kier molecular flexibility index (Phi) is 5.62. The van der Waals surface area contributed by atoms with Crippen LogP contribution in [0.25, 0.3) is 0 Å². The Balaban J connectivity index is 1.90. The van der Waals surface area contributed by atoms with Crippen molar-refractivity contribution in [1.82, 2.24) is 9.55 Å². The number of benzene rings is 1. The van der Waals surface area contributed by atoms with E-state index in [9.17, 15) is 0 Å². The van der Waals surface area contributed by atoms with Crippen LogP contribution in [0.5, 0.6) is 0 Å². The summed E-state index contributed by atoms with van der Waals surface area (Å²) in [6, 6.07) is 8.73. The second-order valence-electron chi connectivity index (χ2n) is 5.12. The molecular weight excluding hydrogens is 248 g/mol. The molecule has 2 aromatic rings. The Morgan fingerprint density at radius 3 is 2.55 bits per heavy atom. The molecule has 108 valence electrons. The zero-order valence-electron chi connectivity index (χ0n) is 12.2. The van der Waals surface area contributed by atoms with Crippen molar-refractivity contribution in [3.05, 3.63) is 48.5 Å². The Morgan fingerprint density at radius 1 is 1.15 bits per heavy atom. The van der Waals surface area contributed by atoms with Gasteiger partial charge >= 0.3 is 0 Å². The lowest BCUT2D eigenvalue weighted by Gasteiger charge is -2.25. The first-order chi connectivity index (χ1) is 9.79. The molecule has 20 heavy (non-hydrogen) atoms. The normalized spacial score (nSPS) is 10.7. The summed E-state index contributed by atoms with van der Waals surface area (Å²) in [5.74, 6) is 0. The van der Waals surface area contributed by atoms with Gasteiger partial charge in [0.15, 0.2) is 0 Å². The van der Waals surface area contributed by atoms with E-state index in [0.717, 1.165) is 39.0 Å². The Hall–Kier alpha value is -1.81. The van der Waals surface area contributed by atoms with E-state index in [2.05, 4.69) is 45.6 Å². The molecule has 0 amide bonds. The summed E-state index contributed by atoms with van der Waals surface area (Å²) < 4.78 is 2.12. The first-order valence-electron chi connectivity index (χ1n) is 7.27. The third-order valence-electron chi connectivity index (χ3n) is 3.43. The minimum absolute atomic E-state index is 0.740. The minimum atomic E-state index is 0.740. The summed E-state index contributed by atoms with van der Waals surface area (Å²) in [6.07, 6.45) is 7.84. The molecule has 1 aromatic carbocycles. The van der Waals surface area contributed by atoms with Crippen molar-refractivity contribution in [1.29, 1.82) is 0 Å². The standard InChI is InChI=1S/C16H24N4/c1-15-4-6-16(7-5-15)20(11-2-8-17)12-3-10-19-13-9-18-14-19/h4-7,9,13-14H,2-3,8,10-12,17H2,1H3. The fraction of sp³-hybridized carbons (Fsp3) is 0.438. The SMILES string of the molecule is Cc1ccc(N(CCCN)CCCn2ccnc2)cc1. The van der Waals surface area contributed by atoms with Crippen LogP contribution in [0, 0.1) is 6.92 Å². The fourth-order valence-corrected chi connectivity index (χ4v) is 2.27. The first-order valence-corrected chi connectivity index (χ1v) is 7.27. The zero-order valence-corrected chi connectivity index (χ0v) is 12.2. The predicted molar refractivity (Wildman–Crippen MR) is 83.9 cm³/mol. The number of hydrogen-bond donors (Lipinski definition) is 1. The summed E-state index contributed by atoms with van der Waals surface area (Å²) in [5, 5.41) is 0. The highest BCUT2D eigenvalue weighted by Gasteiger charge is 2.05. The molecule has 0 atom stereocenters. The number of nitrogens with two attached hydrogens (primary N) is 1. The number of nitrogens with zero attached hydrogens (tertiary/aromatic N) is 3. The average molecular weight is 272 g/mol. The van der Waals surface area contributed by atoms with E-state index >= 15 is 0 Å². The molecule has 0 saturated heterocycles. The number of aryl methyl sites for hydroxylation is 2. The van der Waals surface area contributed by atoms with Gasteiger partial charge in [-0.2, -0.15) is 0 Å². The van der Waals surface area contributed by atoms with E-state index in [0.29, 0.717) is 0 Å². The monoisotopic (exact) mass is 272 g/mol. The molecule has 0 spiro atoms. The van der Waals surface area contributed by atoms with Gasteiger partial charge in [-0.1, -0.05) is 17.7 Å². The molecule has 1 heterocycles. The molecule has 0 saturated carbocycles. The van der Waals surface area contributed by atoms with Crippen LogP contribution in [0.2, 0.25) is 0 Å². The smallest absolute Gasteiger partial charge is 0.0945 e. The van der Waals surface area contributed by atoms with Crippen molar-refractivity contribution >= 4 is 5.69 Å². The van der Waals surface area contributed by atoms with E-state index in [4.69, 9.17) is 5.73 Å². The van der Waals surface area contributed by atoms with Crippen LogP contribution in [0.4, 0.5) is 5.69 Å². The van der Waals surface area contributed by atoms with Crippen molar-refractivity contribution in [2.24, 2.45) is 5.73 Å². The van der Waals surface area contributed by atoms with E-state index < -0.39 is 0 Å². The van der Waals surface area contributed by atoms with Gasteiger partial charge in [0.1, 0.15) is 0 Å². The molecule has 2 N–H and O–H groups in total. The van der Waals surface area contributed by atoms with Crippen LogP contribution in [-0.4, -0.2) is 29.2 Å². The molecule has 0 radical (unpaired) electrons. The average Bonchev–Trinajstić information content (AvgIpc) is 2.97. The highest BCUT2D eigenvalue weighted by molar-refractivity contribution is 5.47. The summed E-state index contributed by atoms with van der Waals surface area (Å²) in [5.41, 5.74) is 8.23. The van der Waals surface area contributed by atoms with Gasteiger partial charge in [-0.25, -0.2) is 4.98 Å². The third-order valence-corrected chi connectivity index (χ3v) is 3.43. The lowest BCUT2D eigenvalue weighted by Crippen LogP contribution is -2.27. The molecule has 0 aliphatic carbocycles. The van der Waals surface area contributed by atoms with Gasteiger partial charge in [0.05, 0.1) is 6.33 Å². The minimum Gasteiger partial charge on any atom is -0.371 e. The van der Waals surface area contributed by atoms with Gasteiger partial charge < -0.3 is 15.2 Å². The van der Waals surface area contributed by atoms with Crippen LogP contribution in [0.1, 0.15) is 18.4 Å². The van der Waals surface area contributed by atoms with Gasteiger partial charge in [-0.15, -0.1) is 0 Å². The van der Waals surface area contributed by atoms with Gasteiger partial charge in [0.2, 0.25) is 0 Å². The number of hydrogen-bond acceptors (Lipinski definition) is 3. The van der Waals surface area contributed by atoms with E-state index in [1.54, 1.807) is 0 Å². The lowest BCUT2D eigenvalue weighted by molar-refractivity contribution is 0.615. The molecule has 4 nitrogen and oxygen atoms in total. The van der Waals surface area contributed by atoms with Crippen LogP contribution in [-0.2, 0) is 6.54 Å². The lowest BCUT2D eigenvalue weighted by atomic mass is 10.2. The summed E-state index contributed by atoms with van der Waals surface area (Å²) >= 11 is 0. The summed E-state index contributed by atoms with van der Waals surface area (Å²) in [6.45, 7) is 5.92. The number of aromatic nitrogens is 2. The molecule has 0 fully saturated rings. The second kappa shape index (κ2) is 7.70. The molecule has 1 aromatic heterocycles. The van der Waals surface area contributed by atoms with E-state index in [-0.39, 0.29) is 0 Å². The van der Waals surface area contributed by atoms with Gasteiger partial charge in [0, 0.05) is 37.7 Å². The van der Waals surface area contributed by atoms with Gasteiger partial charge in [-0.3, -0.25) is 0 Å². The Bertz CT molecular complexity index is 476. The molecular formula is C16H24N4. The Morgan fingerprint density at radius 2 is 1.90 bits per heavy atom. The van der Waals surface area contributed by atoms with Crippen LogP contribution in [0.3, 0.4) is 0 Å². The number of rotatable bonds is 8. The first kappa shape index (κ1) is 14.6. The van der Waals surface area contributed by atoms with Crippen LogP contribution < -0.4 is 10.6 Å². The van der Waals surface area contributed by atoms with Crippen LogP contribution in [0.15, 0.2) is 43.0 Å². The Labute approximate surface area is 121 Å². The van der Waals surface area contributed by atoms with Gasteiger partial charge in [0.25, 0.3) is 0 Å². The van der Waals surface area contributed by atoms with Crippen molar-refractivity contribution in [2.45, 2.75) is 26.3 Å². The maximum absolute atomic E-state index is 5.65. The zero-order chi connectivity index (χ0) is 14.2. The fourth-order valence-electron chi connectivity index (χ4n) is 2.27. The van der Waals surface area contributed by atoms with Crippen LogP contribution >= 0.6 is 0 Å². The number of anilines is 1. The summed E-state index contributed by atoms with van der Waals surface area (Å²) in [7, 11) is 0. The highest BCUT2D eigenvalue weighted by Crippen LogP contribution is 2.16. The molecule has 2 rings (SSSR count). The topological polar surface area (TPSA) is 47.1 Å². The second-order valence-corrected chi connectivity index (χ2v) is 5.12. The molecule has 0 unspecified atom stereocenters. The van der Waals surface area contributed by atoms with Crippen molar-refractivity contribution < 1.29 is 0 Å². The highest BCUT2D eigenvalue weighted by atomic mass is 15.1. The van der Waals surface area contributed by atoms with E-state index in [1.165, 1.54) is 11.3 Å². The van der Waals surface area contributed by atoms with Crippen molar-refractivity contribution in [2.75, 3.05) is 24.5 Å². The van der Waals surface area contributed by atoms with Crippen molar-refractivity contribution in [3.63, 3.8) is 0 Å². The van der Waals surface area contributed by atoms with Crippen molar-refractivity contribution in [3.8, 4) is 0 Å². The maximum Gasteiger partial charge on any atom is 0.0945 e. The summed E-state index contributed by atoms with van der Waals surface area (Å²) in [4.78, 5) is 6.49. The quantitative estimate of drug-likeness (QED) is 0.803. The van der Waals surface area contributed by atoms with E-state index in [1.807, 2.05) is 18.7 Å².